The Morgan fingerprint density at radius 1 is 0.926 bits per heavy atom. The van der Waals surface area contributed by atoms with Crippen LogP contribution in [0.15, 0.2) is 4.99 Å². The van der Waals surface area contributed by atoms with E-state index < -0.39 is 11.9 Å². The predicted molar refractivity (Wildman–Crippen MR) is 100 cm³/mol. The number of carboxylic acid groups (broad SMARTS) is 2. The van der Waals surface area contributed by atoms with E-state index in [1.54, 1.807) is 0 Å². The standard InChI is InChI=1S/C18H32N2O4.2Na.H2O.2H/c1-2-3-4-5-6-7-8-9-10-11-16-19-12-13-20(16,14-17(21)22)15-18(23)24;;;;;/h2-15H2,1H3,(H-,21,22,23,24);;;1H2;;/q;2*+1;;2*-1/p+1. The Labute approximate surface area is 210 Å². The summed E-state index contributed by atoms with van der Waals surface area (Å²) in [7, 11) is 0. The first-order valence-electron chi connectivity index (χ1n) is 9.34. The molecular formula is C18H37N2Na2O5+. The van der Waals surface area contributed by atoms with Gasteiger partial charge in [-0.25, -0.2) is 14.6 Å². The number of hydrogen-bond donors (Lipinski definition) is 2. The van der Waals surface area contributed by atoms with Crippen LogP contribution < -0.4 is 59.1 Å². The molecule has 0 spiro atoms. The fourth-order valence-corrected chi connectivity index (χ4v) is 3.47. The van der Waals surface area contributed by atoms with E-state index in [1.807, 2.05) is 0 Å². The minimum absolute atomic E-state index is 0. The summed E-state index contributed by atoms with van der Waals surface area (Å²) in [5.74, 6) is -1.15. The van der Waals surface area contributed by atoms with Crippen molar-refractivity contribution in [2.45, 2.75) is 71.1 Å². The van der Waals surface area contributed by atoms with Gasteiger partial charge in [-0.1, -0.05) is 58.3 Å². The summed E-state index contributed by atoms with van der Waals surface area (Å²) in [6.07, 6.45) is 11.8. The zero-order chi connectivity index (χ0) is 17.8. The fourth-order valence-electron chi connectivity index (χ4n) is 3.47. The molecule has 0 aromatic carbocycles. The van der Waals surface area contributed by atoms with Crippen LogP contribution in [0.5, 0.6) is 0 Å². The molecule has 150 valence electrons. The number of amidine groups is 1. The van der Waals surface area contributed by atoms with E-state index in [0.717, 1.165) is 25.1 Å². The molecule has 0 bridgehead atoms. The van der Waals surface area contributed by atoms with Gasteiger partial charge in [-0.3, -0.25) is 4.48 Å². The molecule has 0 aliphatic carbocycles. The SMILES string of the molecule is CCCCCCCCCCCC1=NCC[N+]1(CC(=O)O)CC(=O)O.O.[H-].[H-].[Na+].[Na+]. The van der Waals surface area contributed by atoms with Crippen LogP contribution in [0.3, 0.4) is 0 Å². The predicted octanol–water partition coefficient (Wildman–Crippen LogP) is -3.29. The van der Waals surface area contributed by atoms with Crippen molar-refractivity contribution in [3.63, 3.8) is 0 Å². The molecule has 0 unspecified atom stereocenters. The van der Waals surface area contributed by atoms with Gasteiger partial charge in [-0.15, -0.1) is 0 Å². The number of nitrogens with zero attached hydrogens (tertiary/aromatic N) is 2. The second-order valence-electron chi connectivity index (χ2n) is 6.85. The number of aliphatic imine (C=N–C) groups is 1. The molecule has 0 aromatic heterocycles. The molecule has 1 heterocycles. The van der Waals surface area contributed by atoms with E-state index in [4.69, 9.17) is 10.2 Å². The van der Waals surface area contributed by atoms with Gasteiger partial charge >= 0.3 is 71.1 Å². The minimum atomic E-state index is -0.960. The molecule has 7 nitrogen and oxygen atoms in total. The van der Waals surface area contributed by atoms with Crippen molar-refractivity contribution >= 4 is 17.8 Å². The van der Waals surface area contributed by atoms with Gasteiger partial charge in [0.25, 0.3) is 0 Å². The Morgan fingerprint density at radius 3 is 1.81 bits per heavy atom. The van der Waals surface area contributed by atoms with Crippen LogP contribution in [0.4, 0.5) is 0 Å². The molecule has 0 saturated heterocycles. The van der Waals surface area contributed by atoms with Gasteiger partial charge in [0.05, 0.1) is 6.54 Å². The van der Waals surface area contributed by atoms with Crippen molar-refractivity contribution < 1.29 is 91.7 Å². The molecule has 1 aliphatic rings. The molecular weight excluding hydrogens is 370 g/mol. The van der Waals surface area contributed by atoms with Gasteiger partial charge < -0.3 is 18.5 Å². The van der Waals surface area contributed by atoms with Crippen LogP contribution in [0.2, 0.25) is 0 Å². The van der Waals surface area contributed by atoms with Gasteiger partial charge in [0, 0.05) is 6.42 Å². The number of carbonyl (C=O) groups is 2. The molecule has 0 aromatic rings. The van der Waals surface area contributed by atoms with Gasteiger partial charge in [0.2, 0.25) is 0 Å². The maximum Gasteiger partial charge on any atom is 1.00 e. The quantitative estimate of drug-likeness (QED) is 0.178. The topological polar surface area (TPSA) is 118 Å². The largest absolute Gasteiger partial charge is 1.00 e. The van der Waals surface area contributed by atoms with Gasteiger partial charge in [0.15, 0.2) is 18.9 Å². The maximum absolute atomic E-state index is 11.1. The van der Waals surface area contributed by atoms with Gasteiger partial charge in [-0.2, -0.15) is 0 Å². The second kappa shape index (κ2) is 18.6. The molecule has 0 amide bonds. The summed E-state index contributed by atoms with van der Waals surface area (Å²) >= 11 is 0. The van der Waals surface area contributed by atoms with E-state index in [9.17, 15) is 9.59 Å². The number of hydrogen-bond acceptors (Lipinski definition) is 3. The van der Waals surface area contributed by atoms with Crippen LogP contribution >= 0.6 is 0 Å². The van der Waals surface area contributed by atoms with Crippen molar-refractivity contribution in [2.24, 2.45) is 4.99 Å². The first-order chi connectivity index (χ1) is 11.5. The normalized spacial score (nSPS) is 14.3. The number of rotatable bonds is 14. The first kappa shape index (κ1) is 32.2. The summed E-state index contributed by atoms with van der Waals surface area (Å²) in [6, 6.07) is 0. The van der Waals surface area contributed by atoms with Crippen LogP contribution in [0.25, 0.3) is 0 Å². The van der Waals surface area contributed by atoms with E-state index in [1.165, 1.54) is 44.9 Å². The Hall–Kier alpha value is 0.530. The smallest absolute Gasteiger partial charge is 1.00 e. The minimum Gasteiger partial charge on any atom is -1.00 e. The molecule has 4 N–H and O–H groups in total. The number of quaternary nitrogens is 1. The van der Waals surface area contributed by atoms with Gasteiger partial charge in [-0.05, 0) is 6.42 Å². The van der Waals surface area contributed by atoms with Crippen LogP contribution in [-0.2, 0) is 9.59 Å². The van der Waals surface area contributed by atoms with Gasteiger partial charge in [0.1, 0.15) is 6.54 Å². The molecule has 9 heteroatoms. The van der Waals surface area contributed by atoms with Crippen molar-refractivity contribution in [1.82, 2.24) is 0 Å². The zero-order valence-corrected chi connectivity index (χ0v) is 21.5. The Balaban J connectivity index is -0.000000384. The Bertz CT molecular complexity index is 442. The molecule has 0 atom stereocenters. The summed E-state index contributed by atoms with van der Waals surface area (Å²) in [6.45, 7) is 2.89. The Kier molecular flexibility index (Phi) is 22.1. The third-order valence-corrected chi connectivity index (χ3v) is 4.75. The number of unbranched alkanes of at least 4 members (excludes halogenated alkanes) is 8. The Morgan fingerprint density at radius 2 is 1.37 bits per heavy atom. The monoisotopic (exact) mass is 407 g/mol. The third kappa shape index (κ3) is 13.4. The van der Waals surface area contributed by atoms with E-state index in [2.05, 4.69) is 11.9 Å². The molecule has 0 fully saturated rings. The average molecular weight is 407 g/mol. The second-order valence-corrected chi connectivity index (χ2v) is 6.85. The van der Waals surface area contributed by atoms with Crippen LogP contribution in [0.1, 0.15) is 74.0 Å². The van der Waals surface area contributed by atoms with Crippen molar-refractivity contribution in [1.29, 1.82) is 0 Å². The summed E-state index contributed by atoms with van der Waals surface area (Å²) in [4.78, 5) is 26.7. The van der Waals surface area contributed by atoms with E-state index in [0.29, 0.717) is 13.1 Å². The average Bonchev–Trinajstić information content (AvgIpc) is 2.86. The molecule has 1 aliphatic heterocycles. The first-order valence-corrected chi connectivity index (χ1v) is 9.34. The van der Waals surface area contributed by atoms with Crippen LogP contribution in [0, 0.1) is 0 Å². The summed E-state index contributed by atoms with van der Waals surface area (Å²) in [5.41, 5.74) is 0. The molecule has 0 radical (unpaired) electrons. The van der Waals surface area contributed by atoms with E-state index >= 15 is 0 Å². The van der Waals surface area contributed by atoms with E-state index in [-0.39, 0.29) is 85.0 Å². The van der Waals surface area contributed by atoms with Crippen molar-refractivity contribution in [2.75, 3.05) is 26.2 Å². The molecule has 0 saturated carbocycles. The summed E-state index contributed by atoms with van der Waals surface area (Å²) < 4.78 is 0.00167. The van der Waals surface area contributed by atoms with Crippen LogP contribution in [-0.4, -0.2) is 64.1 Å². The summed E-state index contributed by atoms with van der Waals surface area (Å²) in [5, 5.41) is 18.3. The van der Waals surface area contributed by atoms with Crippen molar-refractivity contribution in [3.05, 3.63) is 0 Å². The zero-order valence-electron chi connectivity index (χ0n) is 19.5. The van der Waals surface area contributed by atoms with Crippen molar-refractivity contribution in [3.8, 4) is 0 Å². The number of carboxylic acids is 2. The maximum atomic E-state index is 11.1. The third-order valence-electron chi connectivity index (χ3n) is 4.75. The molecule has 1 rings (SSSR count). The fraction of sp³-hybridized carbons (Fsp3) is 0.833. The molecule has 27 heavy (non-hydrogen) atoms. The number of aliphatic carboxylic acids is 2.